The van der Waals surface area contributed by atoms with E-state index in [1.54, 1.807) is 62.8 Å². The Kier molecular flexibility index (Phi) is 14.1. The molecule has 0 saturated heterocycles. The lowest BCUT2D eigenvalue weighted by molar-refractivity contribution is -0.126. The molecule has 3 amide bonds. The van der Waals surface area contributed by atoms with E-state index < -0.39 is 48.4 Å². The summed E-state index contributed by atoms with van der Waals surface area (Å²) in [7, 11) is 0. The van der Waals surface area contributed by atoms with Gasteiger partial charge in [-0.05, 0) is 48.1 Å². The number of amides is 3. The first-order chi connectivity index (χ1) is 23.7. The number of nitrogens with one attached hydrogen (secondary N) is 3. The molecule has 5 N–H and O–H groups in total. The normalized spacial score (nSPS) is 14.1. The highest BCUT2D eigenvalue weighted by atomic mass is 16.6. The number of rotatable bonds is 16. The minimum atomic E-state index is -1.56. The van der Waals surface area contributed by atoms with Crippen molar-refractivity contribution in [1.29, 1.82) is 0 Å². The average Bonchev–Trinajstić information content (AvgIpc) is 3.12. The zero-order valence-corrected chi connectivity index (χ0v) is 27.5. The van der Waals surface area contributed by atoms with Crippen LogP contribution in [-0.2, 0) is 40.3 Å². The van der Waals surface area contributed by atoms with E-state index in [4.69, 9.17) is 9.47 Å². The topological polar surface area (TPSA) is 172 Å². The second-order valence-electron chi connectivity index (χ2n) is 11.9. The van der Waals surface area contributed by atoms with Crippen molar-refractivity contribution in [3.05, 3.63) is 132 Å². The van der Waals surface area contributed by atoms with Crippen molar-refractivity contribution in [2.24, 2.45) is 5.92 Å². The van der Waals surface area contributed by atoms with Crippen LogP contribution in [0.5, 0.6) is 0 Å². The van der Waals surface area contributed by atoms with E-state index in [9.17, 15) is 24.6 Å². The van der Waals surface area contributed by atoms with Crippen molar-refractivity contribution in [3.8, 4) is 0 Å². The lowest BCUT2D eigenvalue weighted by Gasteiger charge is -2.34. The SMILES string of the molecule is CC(C)[C@H](NC(=O)OCc1ccccn1)C(=O)N[C@@H](Cc1ccccc1)[C@H](O)[C@H](O)[C@H](Cc1ccccc1)NC(=O)OCc1cccnc1. The summed E-state index contributed by atoms with van der Waals surface area (Å²) < 4.78 is 10.7. The smallest absolute Gasteiger partial charge is 0.408 e. The Morgan fingerprint density at radius 2 is 1.20 bits per heavy atom. The molecule has 4 aromatic rings. The summed E-state index contributed by atoms with van der Waals surface area (Å²) in [6.07, 6.45) is 0.354. The predicted octanol–water partition coefficient (Wildman–Crippen LogP) is 3.71. The molecular weight excluding hydrogens is 626 g/mol. The molecule has 2 aromatic carbocycles. The van der Waals surface area contributed by atoms with E-state index in [0.717, 1.165) is 11.1 Å². The summed E-state index contributed by atoms with van der Waals surface area (Å²) in [6.45, 7) is 3.40. The number of benzene rings is 2. The Balaban J connectivity index is 1.50. The average molecular weight is 670 g/mol. The number of pyridine rings is 2. The molecule has 0 unspecified atom stereocenters. The van der Waals surface area contributed by atoms with Gasteiger partial charge in [0.2, 0.25) is 5.91 Å². The van der Waals surface area contributed by atoms with E-state index in [-0.39, 0.29) is 32.0 Å². The molecule has 0 aliphatic carbocycles. The molecule has 4 rings (SSSR count). The Labute approximate surface area is 285 Å². The van der Waals surface area contributed by atoms with E-state index >= 15 is 0 Å². The van der Waals surface area contributed by atoms with Gasteiger partial charge in [0.05, 0.1) is 17.8 Å². The zero-order valence-electron chi connectivity index (χ0n) is 27.5. The number of ether oxygens (including phenoxy) is 2. The molecule has 0 bridgehead atoms. The van der Waals surface area contributed by atoms with Crippen molar-refractivity contribution < 1.29 is 34.1 Å². The van der Waals surface area contributed by atoms with Crippen LogP contribution in [0.15, 0.2) is 110 Å². The highest BCUT2D eigenvalue weighted by molar-refractivity contribution is 5.86. The first-order valence-corrected chi connectivity index (χ1v) is 16.1. The summed E-state index contributed by atoms with van der Waals surface area (Å²) in [4.78, 5) is 47.4. The Morgan fingerprint density at radius 1 is 0.653 bits per heavy atom. The lowest BCUT2D eigenvalue weighted by atomic mass is 9.90. The molecule has 12 heteroatoms. The van der Waals surface area contributed by atoms with Crippen LogP contribution in [0.2, 0.25) is 0 Å². The van der Waals surface area contributed by atoms with Crippen molar-refractivity contribution in [1.82, 2.24) is 25.9 Å². The van der Waals surface area contributed by atoms with Gasteiger partial charge in [0, 0.05) is 24.2 Å². The molecule has 0 aliphatic rings. The number of hydrogen-bond donors (Lipinski definition) is 5. The molecule has 49 heavy (non-hydrogen) atoms. The summed E-state index contributed by atoms with van der Waals surface area (Å²) >= 11 is 0. The number of carbonyl (C=O) groups is 3. The van der Waals surface area contributed by atoms with E-state index in [0.29, 0.717) is 11.3 Å². The van der Waals surface area contributed by atoms with Gasteiger partial charge in [-0.2, -0.15) is 0 Å². The molecule has 2 heterocycles. The summed E-state index contributed by atoms with van der Waals surface area (Å²) in [5, 5.41) is 31.5. The van der Waals surface area contributed by atoms with Crippen molar-refractivity contribution in [2.45, 2.75) is 70.2 Å². The quantitative estimate of drug-likeness (QED) is 0.119. The number of alkyl carbamates (subject to hydrolysis) is 2. The molecule has 0 aliphatic heterocycles. The van der Waals surface area contributed by atoms with Crippen LogP contribution in [0.3, 0.4) is 0 Å². The highest BCUT2D eigenvalue weighted by Crippen LogP contribution is 2.16. The fraction of sp³-hybridized carbons (Fsp3) is 0.324. The van der Waals surface area contributed by atoms with Crippen LogP contribution in [0, 0.1) is 5.92 Å². The highest BCUT2D eigenvalue weighted by Gasteiger charge is 2.36. The van der Waals surface area contributed by atoms with Crippen molar-refractivity contribution in [3.63, 3.8) is 0 Å². The Hall–Kier alpha value is -5.33. The Morgan fingerprint density at radius 3 is 1.76 bits per heavy atom. The summed E-state index contributed by atoms with van der Waals surface area (Å²) in [5.74, 6) is -0.940. The van der Waals surface area contributed by atoms with Gasteiger partial charge in [0.1, 0.15) is 31.5 Å². The van der Waals surface area contributed by atoms with Crippen LogP contribution >= 0.6 is 0 Å². The Bertz CT molecular complexity index is 1580. The van der Waals surface area contributed by atoms with Gasteiger partial charge in [-0.3, -0.25) is 14.8 Å². The van der Waals surface area contributed by atoms with Crippen LogP contribution in [-0.4, -0.2) is 68.6 Å². The number of carbonyl (C=O) groups excluding carboxylic acids is 3. The second-order valence-corrected chi connectivity index (χ2v) is 11.9. The van der Waals surface area contributed by atoms with Crippen LogP contribution in [0.4, 0.5) is 9.59 Å². The molecule has 2 aromatic heterocycles. The van der Waals surface area contributed by atoms with E-state index in [2.05, 4.69) is 25.9 Å². The van der Waals surface area contributed by atoms with Gasteiger partial charge < -0.3 is 35.6 Å². The number of hydrogen-bond acceptors (Lipinski definition) is 9. The van der Waals surface area contributed by atoms with Gasteiger partial charge >= 0.3 is 12.2 Å². The molecule has 0 fully saturated rings. The van der Waals surface area contributed by atoms with Crippen molar-refractivity contribution >= 4 is 18.1 Å². The van der Waals surface area contributed by atoms with E-state index in [1.807, 2.05) is 60.7 Å². The molecule has 258 valence electrons. The third-order valence-corrected chi connectivity index (χ3v) is 7.79. The first-order valence-electron chi connectivity index (χ1n) is 16.1. The van der Waals surface area contributed by atoms with Crippen LogP contribution in [0.25, 0.3) is 0 Å². The molecule has 0 saturated carbocycles. The maximum absolute atomic E-state index is 13.7. The van der Waals surface area contributed by atoms with Crippen LogP contribution < -0.4 is 16.0 Å². The third kappa shape index (κ3) is 12.0. The van der Waals surface area contributed by atoms with Gasteiger partial charge in [0.15, 0.2) is 0 Å². The lowest BCUT2D eigenvalue weighted by Crippen LogP contribution is -2.60. The van der Waals surface area contributed by atoms with Gasteiger partial charge in [0.25, 0.3) is 0 Å². The maximum Gasteiger partial charge on any atom is 0.408 e. The van der Waals surface area contributed by atoms with Crippen molar-refractivity contribution in [2.75, 3.05) is 0 Å². The molecule has 12 nitrogen and oxygen atoms in total. The number of aliphatic hydroxyl groups excluding tert-OH is 2. The number of aromatic nitrogens is 2. The zero-order chi connectivity index (χ0) is 35.0. The predicted molar refractivity (Wildman–Crippen MR) is 182 cm³/mol. The number of aliphatic hydroxyl groups is 2. The standard InChI is InChI=1S/C37H43N5O7/c1-25(2)32(42-37(47)49-24-29-17-9-10-19-39-29)35(45)40-30(20-26-12-5-3-6-13-26)33(43)34(44)31(21-27-14-7-4-8-15-27)41-36(46)48-23-28-16-11-18-38-22-28/h3-19,22,25,30-34,43-44H,20-21,23-24H2,1-2H3,(H,40,45)(H,41,46)(H,42,47)/t30-,31-,32-,33-,34+/m0/s1. The fourth-order valence-corrected chi connectivity index (χ4v) is 5.15. The summed E-state index contributed by atoms with van der Waals surface area (Å²) in [6, 6.07) is 24.0. The molecule has 0 spiro atoms. The monoisotopic (exact) mass is 669 g/mol. The maximum atomic E-state index is 13.7. The van der Waals surface area contributed by atoms with E-state index in [1.165, 1.54) is 0 Å². The second kappa shape index (κ2) is 18.9. The largest absolute Gasteiger partial charge is 0.445 e. The van der Waals surface area contributed by atoms with Gasteiger partial charge in [-0.1, -0.05) is 86.6 Å². The molecular formula is C37H43N5O7. The molecule has 0 radical (unpaired) electrons. The third-order valence-electron chi connectivity index (χ3n) is 7.79. The number of nitrogens with zero attached hydrogens (tertiary/aromatic N) is 2. The fourth-order valence-electron chi connectivity index (χ4n) is 5.15. The minimum Gasteiger partial charge on any atom is -0.445 e. The summed E-state index contributed by atoms with van der Waals surface area (Å²) in [5.41, 5.74) is 2.80. The molecule has 5 atom stereocenters. The first kappa shape index (κ1) is 36.5. The van der Waals surface area contributed by atoms with Crippen LogP contribution in [0.1, 0.15) is 36.2 Å². The van der Waals surface area contributed by atoms with Gasteiger partial charge in [-0.15, -0.1) is 0 Å². The van der Waals surface area contributed by atoms with Gasteiger partial charge in [-0.25, -0.2) is 9.59 Å². The minimum absolute atomic E-state index is 0.0447.